The fourth-order valence-electron chi connectivity index (χ4n) is 3.22. The van der Waals surface area contributed by atoms with Crippen molar-refractivity contribution in [1.82, 2.24) is 14.8 Å². The van der Waals surface area contributed by atoms with Gasteiger partial charge in [0.15, 0.2) is 11.4 Å². The van der Waals surface area contributed by atoms with E-state index in [0.29, 0.717) is 28.0 Å². The Morgan fingerprint density at radius 1 is 1.14 bits per heavy atom. The lowest BCUT2D eigenvalue weighted by molar-refractivity contribution is -0.384. The quantitative estimate of drug-likeness (QED) is 0.323. The summed E-state index contributed by atoms with van der Waals surface area (Å²) in [6.07, 6.45) is 1.39. The fourth-order valence-corrected chi connectivity index (χ4v) is 3.22. The van der Waals surface area contributed by atoms with E-state index in [1.807, 2.05) is 6.92 Å². The SMILES string of the molecule is Cc1ccc(O)c(C(=O)c2cnc3c(c2)c(C)nn3-c2ccccc2[N+](=O)[O-])c1. The molecule has 0 fully saturated rings. The number of aryl methyl sites for hydroxylation is 2. The van der Waals surface area contributed by atoms with Crippen LogP contribution in [0, 0.1) is 24.0 Å². The molecular formula is C21H16N4O4. The van der Waals surface area contributed by atoms with Crippen LogP contribution in [0.4, 0.5) is 5.69 Å². The lowest BCUT2D eigenvalue weighted by Crippen LogP contribution is -2.05. The number of fused-ring (bicyclic) bond motifs is 1. The molecule has 2 aromatic heterocycles. The third-order valence-corrected chi connectivity index (χ3v) is 4.67. The summed E-state index contributed by atoms with van der Waals surface area (Å²) >= 11 is 0. The predicted molar refractivity (Wildman–Crippen MR) is 107 cm³/mol. The minimum Gasteiger partial charge on any atom is -0.507 e. The zero-order valence-electron chi connectivity index (χ0n) is 15.7. The predicted octanol–water partition coefficient (Wildman–Crippen LogP) is 3.88. The van der Waals surface area contributed by atoms with Gasteiger partial charge in [0, 0.05) is 23.2 Å². The zero-order chi connectivity index (χ0) is 20.7. The van der Waals surface area contributed by atoms with E-state index in [-0.39, 0.29) is 22.8 Å². The van der Waals surface area contributed by atoms with Gasteiger partial charge < -0.3 is 5.11 Å². The van der Waals surface area contributed by atoms with Gasteiger partial charge in [-0.05, 0) is 38.1 Å². The van der Waals surface area contributed by atoms with Crippen LogP contribution >= 0.6 is 0 Å². The number of benzene rings is 2. The van der Waals surface area contributed by atoms with Crippen molar-refractivity contribution in [2.75, 3.05) is 0 Å². The Morgan fingerprint density at radius 2 is 1.90 bits per heavy atom. The molecule has 0 saturated carbocycles. The minimum atomic E-state index is -0.476. The zero-order valence-corrected chi connectivity index (χ0v) is 15.7. The van der Waals surface area contributed by atoms with E-state index < -0.39 is 4.92 Å². The molecule has 4 aromatic rings. The summed E-state index contributed by atoms with van der Waals surface area (Å²) in [5.74, 6) is -0.466. The maximum Gasteiger partial charge on any atom is 0.294 e. The average molecular weight is 388 g/mol. The highest BCUT2D eigenvalue weighted by Gasteiger charge is 2.21. The number of nitro groups is 1. The highest BCUT2D eigenvalue weighted by atomic mass is 16.6. The number of ketones is 1. The number of carbonyl (C=O) groups excluding carboxylic acids is 1. The van der Waals surface area contributed by atoms with Crippen molar-refractivity contribution in [3.63, 3.8) is 0 Å². The number of phenols is 1. The van der Waals surface area contributed by atoms with Crippen LogP contribution in [0.15, 0.2) is 54.7 Å². The highest BCUT2D eigenvalue weighted by Crippen LogP contribution is 2.28. The largest absolute Gasteiger partial charge is 0.507 e. The number of nitro benzene ring substituents is 1. The average Bonchev–Trinajstić information content (AvgIpc) is 3.05. The van der Waals surface area contributed by atoms with Gasteiger partial charge in [-0.1, -0.05) is 23.8 Å². The van der Waals surface area contributed by atoms with E-state index in [4.69, 9.17) is 0 Å². The highest BCUT2D eigenvalue weighted by molar-refractivity contribution is 6.11. The molecule has 2 aromatic carbocycles. The number of nitrogens with zero attached hydrogens (tertiary/aromatic N) is 4. The second-order valence-electron chi connectivity index (χ2n) is 6.69. The van der Waals surface area contributed by atoms with Crippen LogP contribution in [0.1, 0.15) is 27.2 Å². The standard InChI is InChI=1S/C21H16N4O4/c1-12-7-8-19(26)16(9-12)20(27)14-10-15-13(2)23-24(21(15)22-11-14)17-5-3-4-6-18(17)25(28)29/h3-11,26H,1-2H3. The molecule has 0 aliphatic heterocycles. The first-order chi connectivity index (χ1) is 13.9. The number of carbonyl (C=O) groups is 1. The molecule has 8 heteroatoms. The van der Waals surface area contributed by atoms with Crippen molar-refractivity contribution >= 4 is 22.5 Å². The molecule has 0 amide bonds. The Bertz CT molecular complexity index is 1290. The Hall–Kier alpha value is -4.07. The number of hydrogen-bond donors (Lipinski definition) is 1. The number of hydrogen-bond acceptors (Lipinski definition) is 6. The van der Waals surface area contributed by atoms with Crippen molar-refractivity contribution in [1.29, 1.82) is 0 Å². The number of aromatic hydroxyl groups is 1. The molecular weight excluding hydrogens is 372 g/mol. The number of aromatic nitrogens is 3. The summed E-state index contributed by atoms with van der Waals surface area (Å²) in [7, 11) is 0. The molecule has 0 spiro atoms. The van der Waals surface area contributed by atoms with Gasteiger partial charge in [0.25, 0.3) is 5.69 Å². The van der Waals surface area contributed by atoms with E-state index >= 15 is 0 Å². The minimum absolute atomic E-state index is 0.0939. The normalized spacial score (nSPS) is 11.0. The lowest BCUT2D eigenvalue weighted by Gasteiger charge is -2.06. The van der Waals surface area contributed by atoms with E-state index in [1.165, 1.54) is 23.0 Å². The van der Waals surface area contributed by atoms with E-state index in [0.717, 1.165) is 5.56 Å². The van der Waals surface area contributed by atoms with Gasteiger partial charge in [-0.2, -0.15) is 5.10 Å². The lowest BCUT2D eigenvalue weighted by atomic mass is 10.0. The first-order valence-corrected chi connectivity index (χ1v) is 8.80. The van der Waals surface area contributed by atoms with Crippen molar-refractivity contribution in [2.45, 2.75) is 13.8 Å². The van der Waals surface area contributed by atoms with Gasteiger partial charge in [-0.25, -0.2) is 9.67 Å². The van der Waals surface area contributed by atoms with Crippen LogP contribution in [-0.4, -0.2) is 30.6 Å². The fraction of sp³-hybridized carbons (Fsp3) is 0.0952. The Kier molecular flexibility index (Phi) is 4.31. The molecule has 0 unspecified atom stereocenters. The topological polar surface area (TPSA) is 111 Å². The van der Waals surface area contributed by atoms with Gasteiger partial charge >= 0.3 is 0 Å². The summed E-state index contributed by atoms with van der Waals surface area (Å²) in [4.78, 5) is 28.1. The monoisotopic (exact) mass is 388 g/mol. The maximum absolute atomic E-state index is 12.9. The Balaban J connectivity index is 1.86. The van der Waals surface area contributed by atoms with E-state index in [2.05, 4.69) is 10.1 Å². The van der Waals surface area contributed by atoms with Crippen molar-refractivity contribution < 1.29 is 14.8 Å². The Morgan fingerprint density at radius 3 is 2.66 bits per heavy atom. The molecule has 29 heavy (non-hydrogen) atoms. The molecule has 0 bridgehead atoms. The van der Waals surface area contributed by atoms with Crippen LogP contribution in [0.2, 0.25) is 0 Å². The molecule has 0 aliphatic rings. The molecule has 0 saturated heterocycles. The molecule has 4 rings (SSSR count). The van der Waals surface area contributed by atoms with Gasteiger partial charge in [-0.15, -0.1) is 0 Å². The number of pyridine rings is 1. The summed E-state index contributed by atoms with van der Waals surface area (Å²) in [6, 6.07) is 12.7. The van der Waals surface area contributed by atoms with Gasteiger partial charge in [-0.3, -0.25) is 14.9 Å². The van der Waals surface area contributed by atoms with Crippen molar-refractivity contribution in [3.8, 4) is 11.4 Å². The number of phenolic OH excluding ortho intramolecular Hbond substituents is 1. The van der Waals surface area contributed by atoms with Crippen LogP contribution in [0.3, 0.4) is 0 Å². The second-order valence-corrected chi connectivity index (χ2v) is 6.69. The molecule has 1 N–H and O–H groups in total. The number of para-hydroxylation sites is 2. The smallest absolute Gasteiger partial charge is 0.294 e. The van der Waals surface area contributed by atoms with Gasteiger partial charge in [0.2, 0.25) is 0 Å². The third kappa shape index (κ3) is 3.10. The van der Waals surface area contributed by atoms with Crippen LogP contribution < -0.4 is 0 Å². The molecule has 8 nitrogen and oxygen atoms in total. The first-order valence-electron chi connectivity index (χ1n) is 8.80. The van der Waals surface area contributed by atoms with Gasteiger partial charge in [0.05, 0.1) is 16.2 Å². The molecule has 144 valence electrons. The first kappa shape index (κ1) is 18.3. The van der Waals surface area contributed by atoms with Crippen molar-refractivity contribution in [3.05, 3.63) is 87.2 Å². The molecule has 0 radical (unpaired) electrons. The van der Waals surface area contributed by atoms with Crippen LogP contribution in [0.5, 0.6) is 5.75 Å². The second kappa shape index (κ2) is 6.83. The molecule has 0 aliphatic carbocycles. The van der Waals surface area contributed by atoms with Crippen LogP contribution in [0.25, 0.3) is 16.7 Å². The molecule has 2 heterocycles. The van der Waals surface area contributed by atoms with Crippen molar-refractivity contribution in [2.24, 2.45) is 0 Å². The van der Waals surface area contributed by atoms with E-state index in [9.17, 15) is 20.0 Å². The van der Waals surface area contributed by atoms with Gasteiger partial charge in [0.1, 0.15) is 11.4 Å². The Labute approximate surface area is 165 Å². The number of rotatable bonds is 4. The van der Waals surface area contributed by atoms with Crippen LogP contribution in [-0.2, 0) is 0 Å². The molecule has 0 atom stereocenters. The summed E-state index contributed by atoms with van der Waals surface area (Å²) in [5, 5.41) is 26.4. The summed E-state index contributed by atoms with van der Waals surface area (Å²) in [5.41, 5.74) is 2.51. The maximum atomic E-state index is 12.9. The summed E-state index contributed by atoms with van der Waals surface area (Å²) in [6.45, 7) is 3.58. The van der Waals surface area contributed by atoms with E-state index in [1.54, 1.807) is 43.3 Å². The summed E-state index contributed by atoms with van der Waals surface area (Å²) < 4.78 is 1.40. The third-order valence-electron chi connectivity index (χ3n) is 4.67.